The molecule has 29 heavy (non-hydrogen) atoms. The number of anilines is 1. The molecule has 0 unspecified atom stereocenters. The minimum Gasteiger partial charge on any atom is -0.339 e. The highest BCUT2D eigenvalue weighted by Crippen LogP contribution is 2.20. The molecule has 152 valence electrons. The van der Waals surface area contributed by atoms with Gasteiger partial charge in [-0.3, -0.25) is 14.4 Å². The molecule has 3 amide bonds. The zero-order valence-electron chi connectivity index (χ0n) is 16.0. The van der Waals surface area contributed by atoms with Gasteiger partial charge in [0.25, 0.3) is 5.91 Å². The van der Waals surface area contributed by atoms with Crippen molar-refractivity contribution in [2.75, 3.05) is 31.5 Å². The third-order valence-electron chi connectivity index (χ3n) is 4.71. The van der Waals surface area contributed by atoms with Crippen LogP contribution in [-0.4, -0.2) is 53.7 Å². The van der Waals surface area contributed by atoms with E-state index in [1.165, 1.54) is 19.1 Å². The van der Waals surface area contributed by atoms with Crippen LogP contribution in [0.4, 0.5) is 10.1 Å². The van der Waals surface area contributed by atoms with Gasteiger partial charge in [-0.25, -0.2) is 4.39 Å². The number of amides is 3. The van der Waals surface area contributed by atoms with E-state index < -0.39 is 5.82 Å². The Hall–Kier alpha value is -2.93. The first-order valence-electron chi connectivity index (χ1n) is 9.22. The van der Waals surface area contributed by atoms with E-state index in [1.54, 1.807) is 34.1 Å². The minimum atomic E-state index is -0.493. The summed E-state index contributed by atoms with van der Waals surface area (Å²) in [7, 11) is 0. The molecule has 1 aliphatic heterocycles. The maximum Gasteiger partial charge on any atom is 0.255 e. The summed E-state index contributed by atoms with van der Waals surface area (Å²) in [6.07, 6.45) is 0.248. The fraction of sp³-hybridized carbons (Fsp3) is 0.286. The molecule has 0 radical (unpaired) electrons. The van der Waals surface area contributed by atoms with Crippen LogP contribution in [0.1, 0.15) is 22.8 Å². The lowest BCUT2D eigenvalue weighted by Gasteiger charge is -2.35. The van der Waals surface area contributed by atoms with Gasteiger partial charge >= 0.3 is 0 Å². The van der Waals surface area contributed by atoms with Crippen molar-refractivity contribution in [3.8, 4) is 0 Å². The van der Waals surface area contributed by atoms with E-state index in [0.717, 1.165) is 11.6 Å². The third kappa shape index (κ3) is 5.32. The standard InChI is InChI=1S/C21H21ClFN3O3/c1-14(27)24-17-5-2-15(3-6-17)12-20(28)25-8-10-26(11-9-25)21(29)18-7-4-16(23)13-19(18)22/h2-7,13H,8-12H2,1H3,(H,24,27). The number of piperazine rings is 1. The molecule has 0 atom stereocenters. The molecule has 0 saturated carbocycles. The number of hydrogen-bond donors (Lipinski definition) is 1. The molecule has 1 saturated heterocycles. The second-order valence-corrected chi connectivity index (χ2v) is 7.26. The van der Waals surface area contributed by atoms with E-state index in [2.05, 4.69) is 5.32 Å². The van der Waals surface area contributed by atoms with Gasteiger partial charge in [0.1, 0.15) is 5.82 Å². The minimum absolute atomic E-state index is 0.0239. The number of carbonyl (C=O) groups is 3. The quantitative estimate of drug-likeness (QED) is 0.831. The van der Waals surface area contributed by atoms with Gasteiger partial charge < -0.3 is 15.1 Å². The number of benzene rings is 2. The molecule has 1 aliphatic rings. The molecule has 2 aromatic carbocycles. The van der Waals surface area contributed by atoms with Crippen LogP contribution in [0.5, 0.6) is 0 Å². The van der Waals surface area contributed by atoms with Crippen LogP contribution in [0.2, 0.25) is 5.02 Å². The van der Waals surface area contributed by atoms with E-state index in [-0.39, 0.29) is 34.7 Å². The van der Waals surface area contributed by atoms with Crippen molar-refractivity contribution >= 4 is 35.0 Å². The highest BCUT2D eigenvalue weighted by Gasteiger charge is 2.26. The van der Waals surface area contributed by atoms with Gasteiger partial charge in [0.05, 0.1) is 17.0 Å². The first kappa shape index (κ1) is 20.8. The largest absolute Gasteiger partial charge is 0.339 e. The second kappa shape index (κ2) is 9.05. The summed E-state index contributed by atoms with van der Waals surface area (Å²) in [5, 5.41) is 2.76. The molecule has 6 nitrogen and oxygen atoms in total. The summed E-state index contributed by atoms with van der Waals surface area (Å²) in [6, 6.07) is 10.8. The van der Waals surface area contributed by atoms with Gasteiger partial charge in [-0.2, -0.15) is 0 Å². The van der Waals surface area contributed by atoms with Crippen molar-refractivity contribution in [2.45, 2.75) is 13.3 Å². The Morgan fingerprint density at radius 3 is 2.21 bits per heavy atom. The molecule has 1 fully saturated rings. The maximum absolute atomic E-state index is 13.2. The highest BCUT2D eigenvalue weighted by atomic mass is 35.5. The number of nitrogens with zero attached hydrogens (tertiary/aromatic N) is 2. The number of halogens is 2. The molecule has 0 spiro atoms. The Balaban J connectivity index is 1.54. The molecule has 0 bridgehead atoms. The summed E-state index contributed by atoms with van der Waals surface area (Å²) in [4.78, 5) is 39.5. The number of carbonyl (C=O) groups excluding carboxylic acids is 3. The Labute approximate surface area is 173 Å². The van der Waals surface area contributed by atoms with Crippen molar-refractivity contribution in [2.24, 2.45) is 0 Å². The van der Waals surface area contributed by atoms with Crippen LogP contribution >= 0.6 is 11.6 Å². The summed E-state index contributed by atoms with van der Waals surface area (Å²) in [5.41, 5.74) is 1.79. The average Bonchev–Trinajstić information content (AvgIpc) is 2.69. The highest BCUT2D eigenvalue weighted by molar-refractivity contribution is 6.33. The lowest BCUT2D eigenvalue weighted by atomic mass is 10.1. The molecule has 1 heterocycles. The normalized spacial score (nSPS) is 13.9. The lowest BCUT2D eigenvalue weighted by Crippen LogP contribution is -2.51. The SMILES string of the molecule is CC(=O)Nc1ccc(CC(=O)N2CCN(C(=O)c3ccc(F)cc3Cl)CC2)cc1. The van der Waals surface area contributed by atoms with Crippen molar-refractivity contribution < 1.29 is 18.8 Å². The zero-order chi connectivity index (χ0) is 21.0. The molecule has 3 rings (SSSR count). The Bertz CT molecular complexity index is 925. The van der Waals surface area contributed by atoms with Crippen LogP contribution in [0.15, 0.2) is 42.5 Å². The molecular weight excluding hydrogens is 397 g/mol. The predicted molar refractivity (Wildman–Crippen MR) is 108 cm³/mol. The van der Waals surface area contributed by atoms with Gasteiger partial charge in [-0.15, -0.1) is 0 Å². The van der Waals surface area contributed by atoms with Gasteiger partial charge in [0, 0.05) is 38.8 Å². The molecular formula is C21H21ClFN3O3. The Morgan fingerprint density at radius 1 is 1.00 bits per heavy atom. The summed E-state index contributed by atoms with van der Waals surface area (Å²) >= 11 is 5.98. The number of hydrogen-bond acceptors (Lipinski definition) is 3. The monoisotopic (exact) mass is 417 g/mol. The van der Waals surface area contributed by atoms with Gasteiger partial charge in [0.2, 0.25) is 11.8 Å². The van der Waals surface area contributed by atoms with Crippen LogP contribution in [0.3, 0.4) is 0 Å². The van der Waals surface area contributed by atoms with E-state index in [4.69, 9.17) is 11.6 Å². The Morgan fingerprint density at radius 2 is 1.62 bits per heavy atom. The smallest absolute Gasteiger partial charge is 0.255 e. The van der Waals surface area contributed by atoms with E-state index in [0.29, 0.717) is 31.9 Å². The van der Waals surface area contributed by atoms with E-state index in [1.807, 2.05) is 0 Å². The molecule has 0 aromatic heterocycles. The topological polar surface area (TPSA) is 69.7 Å². The van der Waals surface area contributed by atoms with Crippen molar-refractivity contribution in [3.63, 3.8) is 0 Å². The maximum atomic E-state index is 13.2. The van der Waals surface area contributed by atoms with Crippen molar-refractivity contribution in [3.05, 3.63) is 64.4 Å². The fourth-order valence-corrected chi connectivity index (χ4v) is 3.44. The molecule has 0 aliphatic carbocycles. The van der Waals surface area contributed by atoms with Crippen LogP contribution < -0.4 is 5.32 Å². The summed E-state index contributed by atoms with van der Waals surface area (Å²) in [5.74, 6) is -0.935. The third-order valence-corrected chi connectivity index (χ3v) is 5.02. The van der Waals surface area contributed by atoms with Crippen molar-refractivity contribution in [1.82, 2.24) is 9.80 Å². The molecule has 8 heteroatoms. The van der Waals surface area contributed by atoms with Crippen molar-refractivity contribution in [1.29, 1.82) is 0 Å². The van der Waals surface area contributed by atoms with Crippen LogP contribution in [0, 0.1) is 5.82 Å². The van der Waals surface area contributed by atoms with Gasteiger partial charge in [-0.1, -0.05) is 23.7 Å². The average molecular weight is 418 g/mol. The Kier molecular flexibility index (Phi) is 6.49. The fourth-order valence-electron chi connectivity index (χ4n) is 3.19. The first-order chi connectivity index (χ1) is 13.8. The summed E-state index contributed by atoms with van der Waals surface area (Å²) in [6.45, 7) is 3.06. The predicted octanol–water partition coefficient (Wildman–Crippen LogP) is 2.96. The molecule has 1 N–H and O–H groups in total. The number of rotatable bonds is 4. The van der Waals surface area contributed by atoms with Gasteiger partial charge in [-0.05, 0) is 35.9 Å². The van der Waals surface area contributed by atoms with Crippen LogP contribution in [-0.2, 0) is 16.0 Å². The van der Waals surface area contributed by atoms with E-state index in [9.17, 15) is 18.8 Å². The molecule has 2 aromatic rings. The van der Waals surface area contributed by atoms with E-state index >= 15 is 0 Å². The van der Waals surface area contributed by atoms with Crippen LogP contribution in [0.25, 0.3) is 0 Å². The zero-order valence-corrected chi connectivity index (χ0v) is 16.7. The number of nitrogens with one attached hydrogen (secondary N) is 1. The lowest BCUT2D eigenvalue weighted by molar-refractivity contribution is -0.131. The van der Waals surface area contributed by atoms with Gasteiger partial charge in [0.15, 0.2) is 0 Å². The first-order valence-corrected chi connectivity index (χ1v) is 9.60. The second-order valence-electron chi connectivity index (χ2n) is 6.85. The summed E-state index contributed by atoms with van der Waals surface area (Å²) < 4.78 is 13.2.